The van der Waals surface area contributed by atoms with Crippen molar-refractivity contribution in [3.63, 3.8) is 0 Å². The van der Waals surface area contributed by atoms with Gasteiger partial charge >= 0.3 is 0 Å². The summed E-state index contributed by atoms with van der Waals surface area (Å²) in [5, 5.41) is 2.79. The van der Waals surface area contributed by atoms with E-state index in [0.717, 1.165) is 5.56 Å². The molecule has 0 bridgehead atoms. The monoisotopic (exact) mass is 413 g/mol. The predicted octanol–water partition coefficient (Wildman–Crippen LogP) is 4.58. The van der Waals surface area contributed by atoms with Gasteiger partial charge in [-0.15, -0.1) is 11.8 Å². The average Bonchev–Trinajstić information content (AvgIpc) is 3.26. The van der Waals surface area contributed by atoms with Crippen LogP contribution in [-0.4, -0.2) is 11.7 Å². The summed E-state index contributed by atoms with van der Waals surface area (Å²) in [6.07, 6.45) is 1.03. The molecule has 1 amide bonds. The van der Waals surface area contributed by atoms with E-state index in [-0.39, 0.29) is 24.1 Å². The molecule has 5 nitrogen and oxygen atoms in total. The van der Waals surface area contributed by atoms with Crippen LogP contribution in [0.5, 0.6) is 5.75 Å². The highest BCUT2D eigenvalue weighted by atomic mass is 32.2. The van der Waals surface area contributed by atoms with Crippen molar-refractivity contribution in [2.24, 2.45) is 0 Å². The molecule has 3 aromatic rings. The molecule has 0 saturated carbocycles. The first-order valence-electron chi connectivity index (χ1n) is 9.20. The Bertz CT molecular complexity index is 962. The molecule has 1 aromatic heterocycles. The number of amides is 1. The quantitative estimate of drug-likeness (QED) is 0.615. The van der Waals surface area contributed by atoms with Crippen LogP contribution in [-0.2, 0) is 28.4 Å². The Balaban J connectivity index is 1.38. The Labute approximate surface area is 172 Å². The summed E-state index contributed by atoms with van der Waals surface area (Å²) in [5.74, 6) is 1.59. The largest absolute Gasteiger partial charge is 0.467 e. The van der Waals surface area contributed by atoms with Gasteiger partial charge in [0, 0.05) is 22.4 Å². The van der Waals surface area contributed by atoms with Crippen LogP contribution in [0, 0.1) is 5.82 Å². The number of rotatable bonds is 7. The molecule has 0 radical (unpaired) electrons. The van der Waals surface area contributed by atoms with E-state index >= 15 is 0 Å². The van der Waals surface area contributed by atoms with Crippen LogP contribution in [0.25, 0.3) is 0 Å². The molecule has 4 rings (SSSR count). The number of fused-ring (bicyclic) bond motifs is 1. The number of thioether (sulfide) groups is 1. The normalized spacial score (nSPS) is 15.4. The Morgan fingerprint density at radius 1 is 1.17 bits per heavy atom. The lowest BCUT2D eigenvalue weighted by atomic mass is 10.1. The summed E-state index contributed by atoms with van der Waals surface area (Å²) in [4.78, 5) is 12.0. The first kappa shape index (κ1) is 19.5. The molecule has 0 spiro atoms. The van der Waals surface area contributed by atoms with Gasteiger partial charge in [0.05, 0.1) is 25.2 Å². The van der Waals surface area contributed by atoms with Crippen LogP contribution in [0.1, 0.15) is 28.7 Å². The maximum absolute atomic E-state index is 14.0. The third kappa shape index (κ3) is 4.99. The minimum Gasteiger partial charge on any atom is -0.467 e. The summed E-state index contributed by atoms with van der Waals surface area (Å²) in [6.45, 7) is 0.620. The van der Waals surface area contributed by atoms with Crippen molar-refractivity contribution in [2.45, 2.75) is 25.2 Å². The fourth-order valence-electron chi connectivity index (χ4n) is 3.06. The van der Waals surface area contributed by atoms with Gasteiger partial charge in [0.25, 0.3) is 0 Å². The van der Waals surface area contributed by atoms with E-state index in [1.165, 1.54) is 23.9 Å². The van der Waals surface area contributed by atoms with Gasteiger partial charge in [-0.3, -0.25) is 4.79 Å². The number of furan rings is 1. The molecule has 7 heteroatoms. The van der Waals surface area contributed by atoms with Gasteiger partial charge in [0.2, 0.25) is 12.2 Å². The Hall–Kier alpha value is -2.77. The molecule has 1 aliphatic rings. The highest BCUT2D eigenvalue weighted by Gasteiger charge is 2.25. The summed E-state index contributed by atoms with van der Waals surface area (Å²) in [7, 11) is 0. The highest BCUT2D eigenvalue weighted by Crippen LogP contribution is 2.37. The number of benzene rings is 2. The SMILES string of the molecule is O=C(CSCc1cc(F)cc2c1O[C@@H](c1ccccc1)OC2)NCc1ccco1. The van der Waals surface area contributed by atoms with Crippen molar-refractivity contribution in [3.05, 3.63) is 89.1 Å². The Kier molecular flexibility index (Phi) is 6.17. The van der Waals surface area contributed by atoms with Gasteiger partial charge in [-0.2, -0.15) is 0 Å². The van der Waals surface area contributed by atoms with Crippen LogP contribution in [0.15, 0.2) is 65.3 Å². The van der Waals surface area contributed by atoms with Crippen molar-refractivity contribution >= 4 is 17.7 Å². The molecule has 0 fully saturated rings. The van der Waals surface area contributed by atoms with Gasteiger partial charge < -0.3 is 19.2 Å². The predicted molar refractivity (Wildman–Crippen MR) is 108 cm³/mol. The van der Waals surface area contributed by atoms with Crippen LogP contribution in [0.2, 0.25) is 0 Å². The molecule has 0 saturated heterocycles. The zero-order chi connectivity index (χ0) is 20.1. The molecule has 1 aliphatic heterocycles. The Morgan fingerprint density at radius 2 is 2.03 bits per heavy atom. The lowest BCUT2D eigenvalue weighted by Crippen LogP contribution is -2.24. The second-order valence-electron chi connectivity index (χ2n) is 6.57. The number of carbonyl (C=O) groups excluding carboxylic acids is 1. The minimum atomic E-state index is -0.533. The van der Waals surface area contributed by atoms with E-state index in [1.54, 1.807) is 18.4 Å². The number of halogens is 1. The average molecular weight is 413 g/mol. The van der Waals surface area contributed by atoms with Gasteiger partial charge in [0.1, 0.15) is 17.3 Å². The maximum Gasteiger partial charge on any atom is 0.230 e. The second-order valence-corrected chi connectivity index (χ2v) is 7.56. The molecule has 1 N–H and O–H groups in total. The minimum absolute atomic E-state index is 0.108. The zero-order valence-electron chi connectivity index (χ0n) is 15.6. The molecule has 2 aromatic carbocycles. The van der Waals surface area contributed by atoms with Crippen LogP contribution >= 0.6 is 11.8 Å². The molecule has 0 unspecified atom stereocenters. The number of nitrogens with one attached hydrogen (secondary N) is 1. The van der Waals surface area contributed by atoms with Crippen LogP contribution in [0.4, 0.5) is 4.39 Å². The smallest absolute Gasteiger partial charge is 0.230 e. The van der Waals surface area contributed by atoms with Crippen molar-refractivity contribution in [1.29, 1.82) is 0 Å². The van der Waals surface area contributed by atoms with Crippen molar-refractivity contribution < 1.29 is 23.1 Å². The topological polar surface area (TPSA) is 60.7 Å². The summed E-state index contributed by atoms with van der Waals surface area (Å²) < 4.78 is 31.0. The summed E-state index contributed by atoms with van der Waals surface area (Å²) in [5.41, 5.74) is 2.29. The lowest BCUT2D eigenvalue weighted by Gasteiger charge is -2.28. The van der Waals surface area contributed by atoms with Crippen molar-refractivity contribution in [2.75, 3.05) is 5.75 Å². The first-order valence-corrected chi connectivity index (χ1v) is 10.4. The van der Waals surface area contributed by atoms with E-state index in [4.69, 9.17) is 13.9 Å². The summed E-state index contributed by atoms with van der Waals surface area (Å²) >= 11 is 1.40. The van der Waals surface area contributed by atoms with Crippen LogP contribution < -0.4 is 10.1 Å². The maximum atomic E-state index is 14.0. The van der Waals surface area contributed by atoms with Gasteiger partial charge in [0.15, 0.2) is 0 Å². The molecule has 1 atom stereocenters. The number of carbonyl (C=O) groups is 1. The van der Waals surface area contributed by atoms with Gasteiger partial charge in [-0.1, -0.05) is 30.3 Å². The fraction of sp³-hybridized carbons (Fsp3) is 0.227. The van der Waals surface area contributed by atoms with Crippen LogP contribution in [0.3, 0.4) is 0 Å². The molecule has 29 heavy (non-hydrogen) atoms. The van der Waals surface area contributed by atoms with E-state index in [9.17, 15) is 9.18 Å². The molecular weight excluding hydrogens is 393 g/mol. The molecule has 0 aliphatic carbocycles. The van der Waals surface area contributed by atoms with Gasteiger partial charge in [-0.25, -0.2) is 4.39 Å². The third-order valence-electron chi connectivity index (χ3n) is 4.42. The standard InChI is InChI=1S/C22H20FNO4S/c23-18-9-16-12-27-22(15-5-2-1-3-6-15)28-21(16)17(10-18)13-29-14-20(25)24-11-19-7-4-8-26-19/h1-10,22H,11-14H2,(H,24,25)/t22-/m0/s1. The van der Waals surface area contributed by atoms with E-state index in [1.807, 2.05) is 30.3 Å². The van der Waals surface area contributed by atoms with Crippen molar-refractivity contribution in [1.82, 2.24) is 5.32 Å². The second kappa shape index (κ2) is 9.15. The van der Waals surface area contributed by atoms with E-state index in [0.29, 0.717) is 34.9 Å². The third-order valence-corrected chi connectivity index (χ3v) is 5.41. The number of hydrogen-bond acceptors (Lipinski definition) is 5. The Morgan fingerprint density at radius 3 is 2.83 bits per heavy atom. The first-order chi connectivity index (χ1) is 14.2. The lowest BCUT2D eigenvalue weighted by molar-refractivity contribution is -0.118. The number of ether oxygens (including phenoxy) is 2. The van der Waals surface area contributed by atoms with E-state index < -0.39 is 6.29 Å². The van der Waals surface area contributed by atoms with E-state index in [2.05, 4.69) is 5.32 Å². The van der Waals surface area contributed by atoms with Crippen molar-refractivity contribution in [3.8, 4) is 5.75 Å². The number of hydrogen-bond donors (Lipinski definition) is 1. The molecular formula is C22H20FNO4S. The molecule has 2 heterocycles. The summed E-state index contributed by atoms with van der Waals surface area (Å²) in [6, 6.07) is 16.1. The zero-order valence-corrected chi connectivity index (χ0v) is 16.4. The highest BCUT2D eigenvalue weighted by molar-refractivity contribution is 7.99. The van der Waals surface area contributed by atoms with Gasteiger partial charge in [-0.05, 0) is 24.3 Å². The fourth-order valence-corrected chi connectivity index (χ4v) is 3.89. The molecule has 150 valence electrons.